The Morgan fingerprint density at radius 1 is 1.30 bits per heavy atom. The van der Waals surface area contributed by atoms with E-state index in [1.807, 2.05) is 24.3 Å². The van der Waals surface area contributed by atoms with Crippen molar-refractivity contribution < 1.29 is 9.53 Å². The van der Waals surface area contributed by atoms with E-state index in [1.54, 1.807) is 13.1 Å². The number of thiazole rings is 1. The van der Waals surface area contributed by atoms with Crippen LogP contribution in [0.5, 0.6) is 10.9 Å². The van der Waals surface area contributed by atoms with Crippen LogP contribution in [0, 0.1) is 0 Å². The first-order chi connectivity index (χ1) is 14.6. The Labute approximate surface area is 181 Å². The van der Waals surface area contributed by atoms with E-state index in [4.69, 9.17) is 4.74 Å². The molecule has 0 spiro atoms. The number of piperidine rings is 1. The third-order valence-electron chi connectivity index (χ3n) is 5.68. The van der Waals surface area contributed by atoms with Crippen LogP contribution in [0.1, 0.15) is 38.7 Å². The zero-order valence-corrected chi connectivity index (χ0v) is 18.3. The SMILES string of the molecule is CC[C@H]1C[C@H](NC(C)=O)CCN1CCc1ccc(Oc2nc3ncccc3s2)cc1. The minimum Gasteiger partial charge on any atom is -0.431 e. The molecule has 1 aromatic carbocycles. The van der Waals surface area contributed by atoms with Crippen molar-refractivity contribution in [1.29, 1.82) is 0 Å². The molecule has 3 aromatic rings. The number of rotatable bonds is 7. The van der Waals surface area contributed by atoms with Crippen LogP contribution in [0.4, 0.5) is 0 Å². The molecule has 1 aliphatic rings. The number of carbonyl (C=O) groups excluding carboxylic acids is 1. The number of likely N-dealkylation sites (tertiary alicyclic amines) is 1. The summed E-state index contributed by atoms with van der Waals surface area (Å²) in [7, 11) is 0. The van der Waals surface area contributed by atoms with Crippen LogP contribution in [0.25, 0.3) is 10.3 Å². The van der Waals surface area contributed by atoms with Crippen molar-refractivity contribution in [3.05, 3.63) is 48.2 Å². The monoisotopic (exact) mass is 424 g/mol. The lowest BCUT2D eigenvalue weighted by molar-refractivity contribution is -0.120. The van der Waals surface area contributed by atoms with Gasteiger partial charge < -0.3 is 10.1 Å². The van der Waals surface area contributed by atoms with Gasteiger partial charge >= 0.3 is 0 Å². The minimum absolute atomic E-state index is 0.0766. The largest absolute Gasteiger partial charge is 0.431 e. The van der Waals surface area contributed by atoms with Crippen molar-refractivity contribution >= 4 is 27.6 Å². The number of hydrogen-bond donors (Lipinski definition) is 1. The molecule has 3 heterocycles. The maximum atomic E-state index is 11.3. The van der Waals surface area contributed by atoms with Crippen molar-refractivity contribution in [2.24, 2.45) is 0 Å². The number of benzene rings is 1. The molecule has 158 valence electrons. The van der Waals surface area contributed by atoms with Crippen LogP contribution < -0.4 is 10.1 Å². The highest BCUT2D eigenvalue weighted by molar-refractivity contribution is 7.20. The van der Waals surface area contributed by atoms with Crippen LogP contribution in [0.3, 0.4) is 0 Å². The topological polar surface area (TPSA) is 67.4 Å². The van der Waals surface area contributed by atoms with Gasteiger partial charge in [-0.3, -0.25) is 9.69 Å². The smallest absolute Gasteiger partial charge is 0.281 e. The van der Waals surface area contributed by atoms with E-state index in [2.05, 4.69) is 39.2 Å². The summed E-state index contributed by atoms with van der Waals surface area (Å²) in [5.74, 6) is 0.869. The lowest BCUT2D eigenvalue weighted by Gasteiger charge is -2.39. The molecule has 1 fully saturated rings. The van der Waals surface area contributed by atoms with Crippen LogP contribution in [0.2, 0.25) is 0 Å². The van der Waals surface area contributed by atoms with Crippen LogP contribution in [0.15, 0.2) is 42.6 Å². The molecule has 0 bridgehead atoms. The fourth-order valence-corrected chi connectivity index (χ4v) is 4.92. The summed E-state index contributed by atoms with van der Waals surface area (Å²) in [5.41, 5.74) is 2.02. The maximum Gasteiger partial charge on any atom is 0.281 e. The molecule has 6 nitrogen and oxygen atoms in total. The van der Waals surface area contributed by atoms with Gasteiger partial charge in [-0.2, -0.15) is 4.98 Å². The molecule has 2 atom stereocenters. The number of carbonyl (C=O) groups is 1. The van der Waals surface area contributed by atoms with E-state index in [9.17, 15) is 4.79 Å². The molecule has 1 N–H and O–H groups in total. The number of nitrogens with zero attached hydrogens (tertiary/aromatic N) is 3. The van der Waals surface area contributed by atoms with Gasteiger partial charge in [0.05, 0.1) is 4.70 Å². The molecule has 1 aliphatic heterocycles. The number of hydrogen-bond acceptors (Lipinski definition) is 6. The van der Waals surface area contributed by atoms with Crippen molar-refractivity contribution in [3.8, 4) is 10.9 Å². The predicted octanol–water partition coefficient (Wildman–Crippen LogP) is 4.41. The third kappa shape index (κ3) is 5.15. The van der Waals surface area contributed by atoms with Gasteiger partial charge in [0.15, 0.2) is 5.65 Å². The molecule has 1 amide bonds. The van der Waals surface area contributed by atoms with E-state index in [-0.39, 0.29) is 5.91 Å². The highest BCUT2D eigenvalue weighted by atomic mass is 32.1. The van der Waals surface area contributed by atoms with E-state index in [0.29, 0.717) is 17.3 Å². The van der Waals surface area contributed by atoms with Crippen LogP contribution in [-0.2, 0) is 11.2 Å². The van der Waals surface area contributed by atoms with Gasteiger partial charge in [0, 0.05) is 38.3 Å². The molecule has 4 rings (SSSR count). The zero-order valence-electron chi connectivity index (χ0n) is 17.5. The highest BCUT2D eigenvalue weighted by Gasteiger charge is 2.27. The first-order valence-electron chi connectivity index (χ1n) is 10.6. The second kappa shape index (κ2) is 9.53. The van der Waals surface area contributed by atoms with Gasteiger partial charge in [-0.15, -0.1) is 0 Å². The summed E-state index contributed by atoms with van der Waals surface area (Å²) < 4.78 is 6.94. The van der Waals surface area contributed by atoms with Crippen LogP contribution >= 0.6 is 11.3 Å². The zero-order chi connectivity index (χ0) is 20.9. The maximum absolute atomic E-state index is 11.3. The Kier molecular flexibility index (Phi) is 6.59. The number of amides is 1. The molecule has 2 aromatic heterocycles. The van der Waals surface area contributed by atoms with Gasteiger partial charge in [0.25, 0.3) is 5.19 Å². The molecule has 30 heavy (non-hydrogen) atoms. The standard InChI is InChI=1S/C23H28N4O2S/c1-3-19-15-18(25-16(2)28)11-14-27(19)13-10-17-6-8-20(9-7-17)29-23-26-22-21(30-23)5-4-12-24-22/h4-9,12,18-19H,3,10-11,13-15H2,1-2H3,(H,25,28)/t18-,19+/m1/s1. The first-order valence-corrected chi connectivity index (χ1v) is 11.4. The molecule has 7 heteroatoms. The average molecular weight is 425 g/mol. The quantitative estimate of drug-likeness (QED) is 0.609. The number of aromatic nitrogens is 2. The van der Waals surface area contributed by atoms with Gasteiger partial charge in [0.2, 0.25) is 5.91 Å². The fourth-order valence-electron chi connectivity index (χ4n) is 4.13. The van der Waals surface area contributed by atoms with Crippen molar-refractivity contribution in [1.82, 2.24) is 20.2 Å². The Balaban J connectivity index is 1.30. The van der Waals surface area contributed by atoms with E-state index in [1.165, 1.54) is 16.9 Å². The number of pyridine rings is 1. The Bertz CT molecular complexity index is 955. The first kappa shape index (κ1) is 20.8. The molecular formula is C23H28N4O2S. The molecule has 0 unspecified atom stereocenters. The second-order valence-corrected chi connectivity index (χ2v) is 8.81. The Morgan fingerprint density at radius 2 is 2.13 bits per heavy atom. The molecular weight excluding hydrogens is 396 g/mol. The Morgan fingerprint density at radius 3 is 2.87 bits per heavy atom. The summed E-state index contributed by atoms with van der Waals surface area (Å²) >= 11 is 1.50. The lowest BCUT2D eigenvalue weighted by atomic mass is 9.94. The number of ether oxygens (including phenoxy) is 1. The van der Waals surface area contributed by atoms with E-state index in [0.717, 1.165) is 54.9 Å². The summed E-state index contributed by atoms with van der Waals surface area (Å²) in [5, 5.41) is 3.70. The normalized spacial score (nSPS) is 19.7. The van der Waals surface area contributed by atoms with Gasteiger partial charge in [-0.1, -0.05) is 30.4 Å². The van der Waals surface area contributed by atoms with Gasteiger partial charge in [-0.25, -0.2) is 4.98 Å². The summed E-state index contributed by atoms with van der Waals surface area (Å²) in [6.07, 6.45) is 5.93. The lowest BCUT2D eigenvalue weighted by Crippen LogP contribution is -2.49. The number of fused-ring (bicyclic) bond motifs is 1. The molecule has 0 saturated carbocycles. The van der Waals surface area contributed by atoms with Gasteiger partial charge in [-0.05, 0) is 55.5 Å². The summed E-state index contributed by atoms with van der Waals surface area (Å²) in [6.45, 7) is 5.91. The summed E-state index contributed by atoms with van der Waals surface area (Å²) in [4.78, 5) is 22.6. The van der Waals surface area contributed by atoms with E-state index >= 15 is 0 Å². The number of nitrogens with one attached hydrogen (secondary N) is 1. The molecule has 0 aliphatic carbocycles. The van der Waals surface area contributed by atoms with Gasteiger partial charge in [0.1, 0.15) is 5.75 Å². The molecule has 0 radical (unpaired) electrons. The van der Waals surface area contributed by atoms with Crippen molar-refractivity contribution in [3.63, 3.8) is 0 Å². The van der Waals surface area contributed by atoms with Crippen molar-refractivity contribution in [2.45, 2.75) is 51.6 Å². The fraction of sp³-hybridized carbons (Fsp3) is 0.435. The van der Waals surface area contributed by atoms with Crippen LogP contribution in [-0.4, -0.2) is 45.9 Å². The predicted molar refractivity (Wildman–Crippen MR) is 120 cm³/mol. The van der Waals surface area contributed by atoms with Crippen molar-refractivity contribution in [2.75, 3.05) is 13.1 Å². The second-order valence-electron chi connectivity index (χ2n) is 7.82. The highest BCUT2D eigenvalue weighted by Crippen LogP contribution is 2.30. The Hall–Kier alpha value is -2.51. The molecule has 1 saturated heterocycles. The minimum atomic E-state index is 0.0766. The summed E-state index contributed by atoms with van der Waals surface area (Å²) in [6, 6.07) is 13.0. The average Bonchev–Trinajstić information content (AvgIpc) is 3.15. The van der Waals surface area contributed by atoms with E-state index < -0.39 is 0 Å². The third-order valence-corrected chi connectivity index (χ3v) is 6.57.